The van der Waals surface area contributed by atoms with Crippen molar-refractivity contribution in [1.82, 2.24) is 19.5 Å². The van der Waals surface area contributed by atoms with Gasteiger partial charge in [0.2, 0.25) is 5.16 Å². The Morgan fingerprint density at radius 2 is 1.80 bits per heavy atom. The first-order chi connectivity index (χ1) is 16.8. The SMILES string of the molecule is CS(=O)c1nccc(-c2c(-c3ccc(F)cc3)nc3n2C(CS(=O)(=O)Cc2ccccc2)CC3)n1. The molecule has 1 aliphatic rings. The predicted molar refractivity (Wildman–Crippen MR) is 132 cm³/mol. The maximum atomic E-state index is 13.6. The number of aryl methyl sites for hydroxylation is 1. The van der Waals surface area contributed by atoms with Gasteiger partial charge >= 0.3 is 0 Å². The largest absolute Gasteiger partial charge is 0.322 e. The van der Waals surface area contributed by atoms with E-state index in [2.05, 4.69) is 9.97 Å². The first kappa shape index (κ1) is 23.5. The molecule has 0 spiro atoms. The number of nitrogens with zero attached hydrogens (tertiary/aromatic N) is 4. The van der Waals surface area contributed by atoms with E-state index in [0.717, 1.165) is 11.4 Å². The van der Waals surface area contributed by atoms with Crippen molar-refractivity contribution in [2.75, 3.05) is 12.0 Å². The van der Waals surface area contributed by atoms with Crippen molar-refractivity contribution in [3.8, 4) is 22.6 Å². The van der Waals surface area contributed by atoms with Crippen molar-refractivity contribution < 1.29 is 17.0 Å². The summed E-state index contributed by atoms with van der Waals surface area (Å²) in [6.45, 7) is 0. The van der Waals surface area contributed by atoms with Crippen LogP contribution in [0.3, 0.4) is 0 Å². The standard InChI is InChI=1S/C25H23FN4O3S2/c1-34(31)25-27-14-13-21(28-25)24-23(18-7-9-19(26)10-8-18)29-22-12-11-20(30(22)24)16-35(32,33)15-17-5-3-2-4-6-17/h2-10,13-14,20H,11-12,15-16H2,1H3. The summed E-state index contributed by atoms with van der Waals surface area (Å²) in [5.74, 6) is 0.300. The van der Waals surface area contributed by atoms with Gasteiger partial charge in [0.1, 0.15) is 11.6 Å². The quantitative estimate of drug-likeness (QED) is 0.349. The molecule has 0 saturated carbocycles. The Labute approximate surface area is 205 Å². The Hall–Kier alpha value is -3.24. The summed E-state index contributed by atoms with van der Waals surface area (Å²) in [4.78, 5) is 13.4. The monoisotopic (exact) mass is 510 g/mol. The summed E-state index contributed by atoms with van der Waals surface area (Å²) in [5.41, 5.74) is 3.13. The molecule has 2 aromatic heterocycles. The molecule has 180 valence electrons. The summed E-state index contributed by atoms with van der Waals surface area (Å²) < 4.78 is 53.9. The Bertz CT molecular complexity index is 1500. The molecule has 0 amide bonds. The molecule has 0 radical (unpaired) electrons. The lowest BCUT2D eigenvalue weighted by molar-refractivity contribution is 0.549. The molecule has 2 unspecified atom stereocenters. The molecule has 5 rings (SSSR count). The number of fused-ring (bicyclic) bond motifs is 1. The molecule has 7 nitrogen and oxygen atoms in total. The maximum absolute atomic E-state index is 13.6. The molecule has 0 bridgehead atoms. The van der Waals surface area contributed by atoms with Crippen LogP contribution in [0.15, 0.2) is 72.0 Å². The average molecular weight is 511 g/mol. The van der Waals surface area contributed by atoms with Gasteiger partial charge in [0, 0.05) is 30.5 Å². The molecular weight excluding hydrogens is 487 g/mol. The van der Waals surface area contributed by atoms with Gasteiger partial charge in [0.15, 0.2) is 9.84 Å². The van der Waals surface area contributed by atoms with Gasteiger partial charge in [-0.25, -0.2) is 27.8 Å². The van der Waals surface area contributed by atoms with Crippen molar-refractivity contribution in [3.63, 3.8) is 0 Å². The molecule has 10 heteroatoms. The minimum Gasteiger partial charge on any atom is -0.322 e. The number of imidazole rings is 1. The van der Waals surface area contributed by atoms with E-state index in [1.807, 2.05) is 22.8 Å². The van der Waals surface area contributed by atoms with E-state index < -0.39 is 20.6 Å². The zero-order valence-corrected chi connectivity index (χ0v) is 20.6. The minimum atomic E-state index is -3.42. The Balaban J connectivity index is 1.59. The molecule has 0 aliphatic carbocycles. The summed E-state index contributed by atoms with van der Waals surface area (Å²) in [6, 6.07) is 16.5. The van der Waals surface area contributed by atoms with E-state index >= 15 is 0 Å². The Kier molecular flexibility index (Phi) is 6.33. The van der Waals surface area contributed by atoms with Crippen LogP contribution in [0.2, 0.25) is 0 Å². The number of benzene rings is 2. The second-order valence-corrected chi connectivity index (χ2v) is 11.9. The fourth-order valence-corrected chi connectivity index (χ4v) is 6.63. The van der Waals surface area contributed by atoms with Crippen LogP contribution in [0.4, 0.5) is 4.39 Å². The molecule has 3 heterocycles. The third-order valence-electron chi connectivity index (χ3n) is 5.98. The van der Waals surface area contributed by atoms with E-state index in [0.29, 0.717) is 35.5 Å². The van der Waals surface area contributed by atoms with Crippen LogP contribution in [0.5, 0.6) is 0 Å². The van der Waals surface area contributed by atoms with E-state index in [4.69, 9.17) is 4.98 Å². The lowest BCUT2D eigenvalue weighted by Crippen LogP contribution is -2.20. The molecule has 2 atom stereocenters. The van der Waals surface area contributed by atoms with E-state index in [-0.39, 0.29) is 28.5 Å². The second kappa shape index (κ2) is 9.43. The van der Waals surface area contributed by atoms with Gasteiger partial charge in [-0.1, -0.05) is 30.3 Å². The number of halogens is 1. The highest BCUT2D eigenvalue weighted by molar-refractivity contribution is 7.90. The topological polar surface area (TPSA) is 94.8 Å². The molecule has 35 heavy (non-hydrogen) atoms. The second-order valence-electron chi connectivity index (χ2n) is 8.51. The molecule has 0 fully saturated rings. The van der Waals surface area contributed by atoms with Gasteiger partial charge in [-0.05, 0) is 42.3 Å². The van der Waals surface area contributed by atoms with Gasteiger partial charge in [-0.3, -0.25) is 4.21 Å². The normalized spacial score (nSPS) is 16.2. The van der Waals surface area contributed by atoms with Gasteiger partial charge in [-0.15, -0.1) is 0 Å². The molecule has 0 saturated heterocycles. The zero-order valence-electron chi connectivity index (χ0n) is 19.0. The summed E-state index contributed by atoms with van der Waals surface area (Å²) in [5, 5.41) is 0.175. The highest BCUT2D eigenvalue weighted by atomic mass is 32.2. The number of hydrogen-bond donors (Lipinski definition) is 0. The fraction of sp³-hybridized carbons (Fsp3) is 0.240. The average Bonchev–Trinajstić information content (AvgIpc) is 3.39. The van der Waals surface area contributed by atoms with Gasteiger partial charge < -0.3 is 4.57 Å². The van der Waals surface area contributed by atoms with E-state index in [1.165, 1.54) is 24.6 Å². The van der Waals surface area contributed by atoms with Crippen LogP contribution in [-0.4, -0.2) is 44.2 Å². The predicted octanol–water partition coefficient (Wildman–Crippen LogP) is 3.99. The number of aromatic nitrogens is 4. The minimum absolute atomic E-state index is 0.0407. The molecular formula is C25H23FN4O3S2. The van der Waals surface area contributed by atoms with Crippen molar-refractivity contribution >= 4 is 20.6 Å². The smallest absolute Gasteiger partial charge is 0.218 e. The van der Waals surface area contributed by atoms with Gasteiger partial charge in [-0.2, -0.15) is 0 Å². The summed E-state index contributed by atoms with van der Waals surface area (Å²) >= 11 is 0. The van der Waals surface area contributed by atoms with Crippen LogP contribution >= 0.6 is 0 Å². The lowest BCUT2D eigenvalue weighted by Gasteiger charge is -2.18. The maximum Gasteiger partial charge on any atom is 0.218 e. The summed E-state index contributed by atoms with van der Waals surface area (Å²) in [7, 11) is -4.82. The number of sulfone groups is 1. The van der Waals surface area contributed by atoms with Crippen molar-refractivity contribution in [1.29, 1.82) is 0 Å². The number of rotatable bonds is 7. The zero-order chi connectivity index (χ0) is 24.6. The lowest BCUT2D eigenvalue weighted by atomic mass is 10.1. The van der Waals surface area contributed by atoms with Crippen LogP contribution in [0.25, 0.3) is 22.6 Å². The molecule has 4 aromatic rings. The molecule has 0 N–H and O–H groups in total. The van der Waals surface area contributed by atoms with E-state index in [1.54, 1.807) is 30.3 Å². The first-order valence-electron chi connectivity index (χ1n) is 11.1. The Morgan fingerprint density at radius 1 is 1.06 bits per heavy atom. The Morgan fingerprint density at radius 3 is 2.51 bits per heavy atom. The van der Waals surface area contributed by atoms with Crippen LogP contribution < -0.4 is 0 Å². The number of hydrogen-bond acceptors (Lipinski definition) is 6. The van der Waals surface area contributed by atoms with Crippen molar-refractivity contribution in [2.45, 2.75) is 29.8 Å². The van der Waals surface area contributed by atoms with Gasteiger partial charge in [0.05, 0.1) is 39.4 Å². The van der Waals surface area contributed by atoms with Crippen LogP contribution in [0, 0.1) is 5.82 Å². The van der Waals surface area contributed by atoms with Crippen molar-refractivity contribution in [2.24, 2.45) is 0 Å². The van der Waals surface area contributed by atoms with E-state index in [9.17, 15) is 17.0 Å². The fourth-order valence-electron chi connectivity index (χ4n) is 4.48. The summed E-state index contributed by atoms with van der Waals surface area (Å²) in [6.07, 6.45) is 4.27. The van der Waals surface area contributed by atoms with Gasteiger partial charge in [0.25, 0.3) is 0 Å². The van der Waals surface area contributed by atoms with Crippen molar-refractivity contribution in [3.05, 3.63) is 84.1 Å². The molecule has 2 aromatic carbocycles. The highest BCUT2D eigenvalue weighted by Crippen LogP contribution is 2.39. The third kappa shape index (κ3) is 4.94. The third-order valence-corrected chi connectivity index (χ3v) is 8.35. The highest BCUT2D eigenvalue weighted by Gasteiger charge is 2.33. The first-order valence-corrected chi connectivity index (χ1v) is 14.5. The van der Waals surface area contributed by atoms with Crippen LogP contribution in [0.1, 0.15) is 23.9 Å². The molecule has 1 aliphatic heterocycles. The van der Waals surface area contributed by atoms with Crippen LogP contribution in [-0.2, 0) is 32.8 Å².